The predicted octanol–water partition coefficient (Wildman–Crippen LogP) is 3.06. The third-order valence-corrected chi connectivity index (χ3v) is 3.46. The first-order chi connectivity index (χ1) is 4.24. The molecule has 0 spiro atoms. The largest absolute Gasteiger partial charge is 0.147 e. The van der Waals surface area contributed by atoms with Gasteiger partial charge in [-0.1, -0.05) is 13.8 Å². The average molecular weight is 160 g/mol. The molecule has 52 valence electrons. The Hall–Kier alpha value is 0.440. The zero-order valence-electron chi connectivity index (χ0n) is 5.85. The SMILES string of the molecule is CCC1=C(S)CC(C)S1. The minimum absolute atomic E-state index is 0.771. The summed E-state index contributed by atoms with van der Waals surface area (Å²) in [7, 11) is 0. The third-order valence-electron chi connectivity index (χ3n) is 1.47. The van der Waals surface area contributed by atoms with Crippen molar-refractivity contribution in [1.82, 2.24) is 0 Å². The summed E-state index contributed by atoms with van der Waals surface area (Å²) in [5, 5.41) is 0.771. The van der Waals surface area contributed by atoms with Crippen molar-refractivity contribution in [2.24, 2.45) is 0 Å². The van der Waals surface area contributed by atoms with Crippen molar-refractivity contribution in [3.05, 3.63) is 9.81 Å². The quantitative estimate of drug-likeness (QED) is 0.575. The highest BCUT2D eigenvalue weighted by Gasteiger charge is 2.16. The lowest BCUT2D eigenvalue weighted by Gasteiger charge is -1.97. The standard InChI is InChI=1S/C7H12S2/c1-3-7-6(8)4-5(2)9-7/h5,8H,3-4H2,1-2H3. The summed E-state index contributed by atoms with van der Waals surface area (Å²) in [5.74, 6) is 0. The molecular formula is C7H12S2. The highest BCUT2D eigenvalue weighted by atomic mass is 32.2. The predicted molar refractivity (Wildman–Crippen MR) is 48.0 cm³/mol. The molecule has 0 amide bonds. The van der Waals surface area contributed by atoms with Crippen LogP contribution in [0.15, 0.2) is 9.81 Å². The van der Waals surface area contributed by atoms with E-state index in [1.54, 1.807) is 0 Å². The van der Waals surface area contributed by atoms with Gasteiger partial charge in [-0.15, -0.1) is 24.4 Å². The minimum Gasteiger partial charge on any atom is -0.147 e. The lowest BCUT2D eigenvalue weighted by Crippen LogP contribution is -1.85. The Morgan fingerprint density at radius 3 is 2.67 bits per heavy atom. The van der Waals surface area contributed by atoms with Gasteiger partial charge in [-0.05, 0) is 22.7 Å². The van der Waals surface area contributed by atoms with Crippen molar-refractivity contribution in [1.29, 1.82) is 0 Å². The van der Waals surface area contributed by atoms with Crippen LogP contribution in [0.1, 0.15) is 26.7 Å². The van der Waals surface area contributed by atoms with Crippen LogP contribution < -0.4 is 0 Å². The average Bonchev–Trinajstić information content (AvgIpc) is 2.10. The fourth-order valence-corrected chi connectivity index (χ4v) is 2.86. The van der Waals surface area contributed by atoms with Gasteiger partial charge in [-0.2, -0.15) is 0 Å². The van der Waals surface area contributed by atoms with E-state index in [0.29, 0.717) is 0 Å². The first-order valence-electron chi connectivity index (χ1n) is 3.31. The summed E-state index contributed by atoms with van der Waals surface area (Å²) < 4.78 is 0. The van der Waals surface area contributed by atoms with Crippen molar-refractivity contribution in [3.63, 3.8) is 0 Å². The van der Waals surface area contributed by atoms with Crippen molar-refractivity contribution in [2.75, 3.05) is 0 Å². The molecule has 1 aliphatic rings. The third kappa shape index (κ3) is 1.68. The molecule has 1 atom stereocenters. The van der Waals surface area contributed by atoms with Gasteiger partial charge in [0, 0.05) is 5.25 Å². The highest BCUT2D eigenvalue weighted by molar-refractivity contribution is 8.04. The molecular weight excluding hydrogens is 148 g/mol. The van der Waals surface area contributed by atoms with E-state index in [4.69, 9.17) is 0 Å². The summed E-state index contributed by atoms with van der Waals surface area (Å²) in [6, 6.07) is 0. The van der Waals surface area contributed by atoms with E-state index < -0.39 is 0 Å². The van der Waals surface area contributed by atoms with E-state index >= 15 is 0 Å². The van der Waals surface area contributed by atoms with Gasteiger partial charge in [0.2, 0.25) is 0 Å². The fraction of sp³-hybridized carbons (Fsp3) is 0.714. The zero-order valence-corrected chi connectivity index (χ0v) is 7.56. The van der Waals surface area contributed by atoms with Crippen LogP contribution in [-0.2, 0) is 0 Å². The van der Waals surface area contributed by atoms with Crippen molar-refractivity contribution in [3.8, 4) is 0 Å². The molecule has 0 saturated carbocycles. The maximum atomic E-state index is 4.39. The van der Waals surface area contributed by atoms with Gasteiger partial charge < -0.3 is 0 Å². The second-order valence-corrected chi connectivity index (χ2v) is 4.43. The van der Waals surface area contributed by atoms with Gasteiger partial charge in [-0.3, -0.25) is 0 Å². The van der Waals surface area contributed by atoms with E-state index in [9.17, 15) is 0 Å². The van der Waals surface area contributed by atoms with Crippen LogP contribution in [-0.4, -0.2) is 5.25 Å². The van der Waals surface area contributed by atoms with Gasteiger partial charge in [-0.25, -0.2) is 0 Å². The molecule has 0 bridgehead atoms. The van der Waals surface area contributed by atoms with Gasteiger partial charge in [0.25, 0.3) is 0 Å². The number of thiol groups is 1. The van der Waals surface area contributed by atoms with E-state index in [1.807, 2.05) is 11.8 Å². The Morgan fingerprint density at radius 1 is 1.78 bits per heavy atom. The van der Waals surface area contributed by atoms with Crippen LogP contribution in [0.3, 0.4) is 0 Å². The maximum absolute atomic E-state index is 4.39. The first kappa shape index (κ1) is 7.55. The second-order valence-electron chi connectivity index (χ2n) is 2.36. The van der Waals surface area contributed by atoms with Crippen LogP contribution in [0.2, 0.25) is 0 Å². The molecule has 2 heteroatoms. The molecule has 0 aromatic heterocycles. The maximum Gasteiger partial charge on any atom is 0.0109 e. The number of hydrogen-bond donors (Lipinski definition) is 1. The number of hydrogen-bond acceptors (Lipinski definition) is 2. The number of rotatable bonds is 1. The lowest BCUT2D eigenvalue weighted by molar-refractivity contribution is 0.989. The van der Waals surface area contributed by atoms with Gasteiger partial charge in [0.05, 0.1) is 0 Å². The molecule has 9 heavy (non-hydrogen) atoms. The Bertz CT molecular complexity index is 138. The highest BCUT2D eigenvalue weighted by Crippen LogP contribution is 2.40. The molecule has 0 radical (unpaired) electrons. The van der Waals surface area contributed by atoms with Gasteiger partial charge >= 0.3 is 0 Å². The summed E-state index contributed by atoms with van der Waals surface area (Å²) in [5.41, 5.74) is 0. The fourth-order valence-electron chi connectivity index (χ4n) is 1.03. The van der Waals surface area contributed by atoms with Crippen LogP contribution in [0.5, 0.6) is 0 Å². The summed E-state index contributed by atoms with van der Waals surface area (Å²) >= 11 is 6.36. The Balaban J connectivity index is 2.58. The molecule has 1 rings (SSSR count). The lowest BCUT2D eigenvalue weighted by atomic mass is 10.3. The molecule has 0 aromatic rings. The van der Waals surface area contributed by atoms with Crippen molar-refractivity contribution < 1.29 is 0 Å². The van der Waals surface area contributed by atoms with Crippen LogP contribution in [0, 0.1) is 0 Å². The molecule has 1 unspecified atom stereocenters. The normalized spacial score (nSPS) is 27.7. The minimum atomic E-state index is 0.771. The Labute approximate surface area is 66.5 Å². The van der Waals surface area contributed by atoms with Crippen LogP contribution in [0.25, 0.3) is 0 Å². The topological polar surface area (TPSA) is 0 Å². The van der Waals surface area contributed by atoms with Gasteiger partial charge in [0.15, 0.2) is 0 Å². The van der Waals surface area contributed by atoms with E-state index in [-0.39, 0.29) is 0 Å². The van der Waals surface area contributed by atoms with Crippen LogP contribution in [0.4, 0.5) is 0 Å². The summed E-state index contributed by atoms with van der Waals surface area (Å²) in [6.45, 7) is 4.44. The molecule has 0 nitrogen and oxygen atoms in total. The molecule has 0 aromatic carbocycles. The van der Waals surface area contributed by atoms with Crippen LogP contribution >= 0.6 is 24.4 Å². The Kier molecular flexibility index (Phi) is 2.53. The second kappa shape index (κ2) is 3.02. The van der Waals surface area contributed by atoms with Crippen molar-refractivity contribution in [2.45, 2.75) is 31.9 Å². The summed E-state index contributed by atoms with van der Waals surface area (Å²) in [6.07, 6.45) is 2.34. The smallest absolute Gasteiger partial charge is 0.0109 e. The monoisotopic (exact) mass is 160 g/mol. The van der Waals surface area contributed by atoms with Gasteiger partial charge in [0.1, 0.15) is 0 Å². The van der Waals surface area contributed by atoms with Crippen molar-refractivity contribution >= 4 is 24.4 Å². The number of allylic oxidation sites excluding steroid dienone is 2. The molecule has 0 saturated heterocycles. The molecule has 1 heterocycles. The van der Waals surface area contributed by atoms with E-state index in [0.717, 1.165) is 11.7 Å². The van der Waals surface area contributed by atoms with E-state index in [2.05, 4.69) is 26.5 Å². The molecule has 1 aliphatic heterocycles. The number of thioether (sulfide) groups is 1. The molecule has 0 aliphatic carbocycles. The molecule has 0 fully saturated rings. The zero-order chi connectivity index (χ0) is 6.85. The summed E-state index contributed by atoms with van der Waals surface area (Å²) in [4.78, 5) is 2.81. The Morgan fingerprint density at radius 2 is 2.44 bits per heavy atom. The van der Waals surface area contributed by atoms with E-state index in [1.165, 1.54) is 16.2 Å². The molecule has 0 N–H and O–H groups in total. The first-order valence-corrected chi connectivity index (χ1v) is 4.64.